The van der Waals surface area contributed by atoms with Crippen molar-refractivity contribution in [2.24, 2.45) is 0 Å². The van der Waals surface area contributed by atoms with Gasteiger partial charge in [0.25, 0.3) is 0 Å². The number of hydrogen-bond acceptors (Lipinski definition) is 3. The summed E-state index contributed by atoms with van der Waals surface area (Å²) in [6, 6.07) is 0. The Hall–Kier alpha value is -1.27. The van der Waals surface area contributed by atoms with E-state index in [0.29, 0.717) is 6.42 Å². The molecule has 0 aliphatic carbocycles. The quantitative estimate of drug-likeness (QED) is 0.708. The lowest BCUT2D eigenvalue weighted by Crippen LogP contribution is -2.39. The van der Waals surface area contributed by atoms with Crippen molar-refractivity contribution in [3.8, 4) is 0 Å². The van der Waals surface area contributed by atoms with Crippen molar-refractivity contribution in [3.63, 3.8) is 0 Å². The minimum atomic E-state index is -4.43. The molecule has 0 N–H and O–H groups in total. The van der Waals surface area contributed by atoms with Gasteiger partial charge in [-0.1, -0.05) is 6.92 Å². The van der Waals surface area contributed by atoms with Gasteiger partial charge in [-0.2, -0.15) is 13.2 Å². The Bertz CT molecular complexity index is 335. The van der Waals surface area contributed by atoms with Crippen LogP contribution in [0.25, 0.3) is 0 Å². The molecule has 118 valence electrons. The maximum absolute atomic E-state index is 12.3. The maximum atomic E-state index is 12.3. The highest BCUT2D eigenvalue weighted by Gasteiger charge is 2.32. The predicted molar refractivity (Wildman–Crippen MR) is 68.0 cm³/mol. The summed E-state index contributed by atoms with van der Waals surface area (Å²) in [5, 5.41) is 0. The zero-order valence-corrected chi connectivity index (χ0v) is 12.3. The zero-order valence-electron chi connectivity index (χ0n) is 12.3. The van der Waals surface area contributed by atoms with Crippen molar-refractivity contribution < 1.29 is 27.5 Å². The number of amides is 1. The lowest BCUT2D eigenvalue weighted by molar-refractivity contribution is -0.163. The third kappa shape index (κ3) is 9.63. The normalized spacial score (nSPS) is 12.2. The molecule has 1 amide bonds. The summed E-state index contributed by atoms with van der Waals surface area (Å²) < 4.78 is 42.0. The number of nitrogens with zero attached hydrogens (tertiary/aromatic N) is 1. The fourth-order valence-corrected chi connectivity index (χ4v) is 1.54. The average molecular weight is 297 g/mol. The van der Waals surface area contributed by atoms with Gasteiger partial charge in [-0.05, 0) is 27.2 Å². The van der Waals surface area contributed by atoms with Gasteiger partial charge in [0.1, 0.15) is 12.1 Å². The minimum absolute atomic E-state index is 0.0205. The lowest BCUT2D eigenvalue weighted by Gasteiger charge is -2.24. The molecule has 20 heavy (non-hydrogen) atoms. The lowest BCUT2D eigenvalue weighted by atomic mass is 10.2. The summed E-state index contributed by atoms with van der Waals surface area (Å²) in [7, 11) is 0. The highest BCUT2D eigenvalue weighted by Crippen LogP contribution is 2.18. The molecule has 0 saturated heterocycles. The van der Waals surface area contributed by atoms with E-state index in [9.17, 15) is 22.8 Å². The van der Waals surface area contributed by atoms with E-state index in [4.69, 9.17) is 4.74 Å². The van der Waals surface area contributed by atoms with Gasteiger partial charge in [-0.15, -0.1) is 0 Å². The van der Waals surface area contributed by atoms with Crippen LogP contribution in [-0.2, 0) is 14.3 Å². The molecule has 7 heteroatoms. The van der Waals surface area contributed by atoms with Gasteiger partial charge < -0.3 is 9.64 Å². The van der Waals surface area contributed by atoms with Crippen LogP contribution >= 0.6 is 0 Å². The molecule has 0 unspecified atom stereocenters. The number of hydrogen-bond donors (Lipinski definition) is 0. The Morgan fingerprint density at radius 1 is 1.10 bits per heavy atom. The summed E-state index contributed by atoms with van der Waals surface area (Å²) in [6.07, 6.45) is -4.50. The standard InChI is InChI=1S/C13H22F3NO3/c1-5-8-17(9-13(14,15)16)10(18)6-7-11(19)20-12(2,3)4/h5-9H2,1-4H3. The SMILES string of the molecule is CCCN(CC(F)(F)F)C(=O)CCC(=O)OC(C)(C)C. The van der Waals surface area contributed by atoms with E-state index in [1.807, 2.05) is 0 Å². The van der Waals surface area contributed by atoms with Crippen molar-refractivity contribution in [1.29, 1.82) is 0 Å². The smallest absolute Gasteiger partial charge is 0.406 e. The summed E-state index contributed by atoms with van der Waals surface area (Å²) in [6.45, 7) is 5.46. The van der Waals surface area contributed by atoms with Crippen LogP contribution in [0.15, 0.2) is 0 Å². The molecule has 0 bridgehead atoms. The molecule has 0 rings (SSSR count). The number of carbonyl (C=O) groups is 2. The van der Waals surface area contributed by atoms with Crippen molar-refractivity contribution in [2.75, 3.05) is 13.1 Å². The Labute approximate surface area is 117 Å². The van der Waals surface area contributed by atoms with Crippen molar-refractivity contribution in [3.05, 3.63) is 0 Å². The molecule has 0 saturated carbocycles. The minimum Gasteiger partial charge on any atom is -0.460 e. The fourth-order valence-electron chi connectivity index (χ4n) is 1.54. The molecule has 0 aliphatic heterocycles. The third-order valence-corrected chi connectivity index (χ3v) is 2.18. The van der Waals surface area contributed by atoms with Gasteiger partial charge in [0.2, 0.25) is 5.91 Å². The molecule has 0 aromatic heterocycles. The Kier molecular flexibility index (Phi) is 7.02. The van der Waals surface area contributed by atoms with Gasteiger partial charge in [0.15, 0.2) is 0 Å². The van der Waals surface area contributed by atoms with Crippen LogP contribution in [-0.4, -0.2) is 41.6 Å². The topological polar surface area (TPSA) is 46.6 Å². The van der Waals surface area contributed by atoms with Gasteiger partial charge in [-0.3, -0.25) is 9.59 Å². The summed E-state index contributed by atoms with van der Waals surface area (Å²) >= 11 is 0. The van der Waals surface area contributed by atoms with Crippen LogP contribution < -0.4 is 0 Å². The van der Waals surface area contributed by atoms with Crippen LogP contribution in [0, 0.1) is 0 Å². The van der Waals surface area contributed by atoms with Crippen molar-refractivity contribution in [1.82, 2.24) is 4.90 Å². The Morgan fingerprint density at radius 3 is 2.05 bits per heavy atom. The summed E-state index contributed by atoms with van der Waals surface area (Å²) in [5.41, 5.74) is -0.671. The van der Waals surface area contributed by atoms with Gasteiger partial charge in [0.05, 0.1) is 6.42 Å². The van der Waals surface area contributed by atoms with Crippen LogP contribution in [0.2, 0.25) is 0 Å². The molecule has 0 spiro atoms. The molecule has 0 aliphatic rings. The van der Waals surface area contributed by atoms with E-state index in [2.05, 4.69) is 0 Å². The largest absolute Gasteiger partial charge is 0.460 e. The number of halogens is 3. The van der Waals surface area contributed by atoms with Crippen molar-refractivity contribution >= 4 is 11.9 Å². The number of carbonyl (C=O) groups excluding carboxylic acids is 2. The number of alkyl halides is 3. The number of ether oxygens (including phenoxy) is 1. The first kappa shape index (κ1) is 18.7. The highest BCUT2D eigenvalue weighted by atomic mass is 19.4. The van der Waals surface area contributed by atoms with Crippen LogP contribution in [0.3, 0.4) is 0 Å². The Morgan fingerprint density at radius 2 is 1.65 bits per heavy atom. The van der Waals surface area contributed by atoms with E-state index < -0.39 is 30.2 Å². The maximum Gasteiger partial charge on any atom is 0.406 e. The average Bonchev–Trinajstić information content (AvgIpc) is 2.21. The van der Waals surface area contributed by atoms with E-state index in [1.54, 1.807) is 27.7 Å². The van der Waals surface area contributed by atoms with Crippen LogP contribution in [0.1, 0.15) is 47.0 Å². The second-order valence-corrected chi connectivity index (χ2v) is 5.52. The molecular weight excluding hydrogens is 275 g/mol. The Balaban J connectivity index is 4.37. The summed E-state index contributed by atoms with van der Waals surface area (Å²) in [4.78, 5) is 23.8. The molecule has 0 aromatic rings. The first-order chi connectivity index (χ1) is 8.94. The van der Waals surface area contributed by atoms with Crippen LogP contribution in [0.5, 0.6) is 0 Å². The first-order valence-corrected chi connectivity index (χ1v) is 6.51. The van der Waals surface area contributed by atoms with Crippen LogP contribution in [0.4, 0.5) is 13.2 Å². The second-order valence-electron chi connectivity index (χ2n) is 5.52. The second kappa shape index (κ2) is 7.50. The third-order valence-electron chi connectivity index (χ3n) is 2.18. The van der Waals surface area contributed by atoms with E-state index >= 15 is 0 Å². The van der Waals surface area contributed by atoms with Crippen molar-refractivity contribution in [2.45, 2.75) is 58.7 Å². The van der Waals surface area contributed by atoms with E-state index in [-0.39, 0.29) is 19.4 Å². The van der Waals surface area contributed by atoms with Gasteiger partial charge in [-0.25, -0.2) is 0 Å². The summed E-state index contributed by atoms with van der Waals surface area (Å²) in [5.74, 6) is -1.27. The zero-order chi connectivity index (χ0) is 16.0. The molecule has 0 aromatic carbocycles. The number of rotatable bonds is 6. The molecule has 0 fully saturated rings. The molecular formula is C13H22F3NO3. The predicted octanol–water partition coefficient (Wildman–Crippen LogP) is 2.91. The van der Waals surface area contributed by atoms with E-state index in [1.165, 1.54) is 0 Å². The van der Waals surface area contributed by atoms with Gasteiger partial charge in [0, 0.05) is 13.0 Å². The molecule has 0 radical (unpaired) electrons. The molecule has 0 heterocycles. The van der Waals surface area contributed by atoms with Gasteiger partial charge >= 0.3 is 12.1 Å². The number of esters is 1. The first-order valence-electron chi connectivity index (χ1n) is 6.51. The molecule has 4 nitrogen and oxygen atoms in total. The monoisotopic (exact) mass is 297 g/mol. The van der Waals surface area contributed by atoms with E-state index in [0.717, 1.165) is 4.90 Å². The highest BCUT2D eigenvalue weighted by molar-refractivity contribution is 5.81. The fraction of sp³-hybridized carbons (Fsp3) is 0.846. The molecule has 0 atom stereocenters.